The quantitative estimate of drug-likeness (QED) is 0.482. The summed E-state index contributed by atoms with van der Waals surface area (Å²) >= 11 is 2.50. The monoisotopic (exact) mass is 413 g/mol. The molecule has 0 fully saturated rings. The van der Waals surface area contributed by atoms with E-state index in [1.165, 1.54) is 33.7 Å². The number of rotatable bonds is 5. The van der Waals surface area contributed by atoms with Gasteiger partial charge in [-0.2, -0.15) is 0 Å². The van der Waals surface area contributed by atoms with Crippen LogP contribution in [0.15, 0.2) is 40.3 Å². The average Bonchev–Trinajstić information content (AvgIpc) is 3.24. The van der Waals surface area contributed by atoms with Gasteiger partial charge in [-0.05, 0) is 19.4 Å². The van der Waals surface area contributed by atoms with Gasteiger partial charge in [-0.3, -0.25) is 20.0 Å². The molecule has 0 atom stereocenters. The van der Waals surface area contributed by atoms with Crippen LogP contribution in [0.1, 0.15) is 10.6 Å². The SMILES string of the molecule is Cc1nnc(NC(=O)CSc2nc(-c3ccccc3C)nc3cc(=O)[nH]n23)s1. The summed E-state index contributed by atoms with van der Waals surface area (Å²) in [6.07, 6.45) is 0. The normalized spacial score (nSPS) is 11.1. The predicted octanol–water partition coefficient (Wildman–Crippen LogP) is 2.28. The third kappa shape index (κ3) is 3.80. The topological polar surface area (TPSA) is 118 Å². The van der Waals surface area contributed by atoms with E-state index in [1.54, 1.807) is 0 Å². The Hall–Kier alpha value is -3.05. The molecule has 1 amide bonds. The van der Waals surface area contributed by atoms with E-state index in [4.69, 9.17) is 0 Å². The first-order valence-corrected chi connectivity index (χ1v) is 10.1. The number of fused-ring (bicyclic) bond motifs is 1. The Bertz CT molecular complexity index is 1230. The molecule has 0 saturated heterocycles. The van der Waals surface area contributed by atoms with Crippen molar-refractivity contribution < 1.29 is 4.79 Å². The molecule has 11 heteroatoms. The Balaban J connectivity index is 1.63. The maximum absolute atomic E-state index is 12.2. The average molecular weight is 413 g/mol. The molecule has 0 saturated carbocycles. The van der Waals surface area contributed by atoms with Crippen LogP contribution in [-0.2, 0) is 4.79 Å². The molecule has 0 aliphatic carbocycles. The number of thioether (sulfide) groups is 1. The third-order valence-electron chi connectivity index (χ3n) is 3.82. The van der Waals surface area contributed by atoms with E-state index in [1.807, 2.05) is 38.1 Å². The fraction of sp³-hybridized carbons (Fsp3) is 0.176. The maximum atomic E-state index is 12.2. The van der Waals surface area contributed by atoms with Gasteiger partial charge in [0.05, 0.1) is 5.75 Å². The summed E-state index contributed by atoms with van der Waals surface area (Å²) in [5, 5.41) is 14.8. The van der Waals surface area contributed by atoms with Crippen LogP contribution < -0.4 is 10.9 Å². The molecule has 0 radical (unpaired) electrons. The van der Waals surface area contributed by atoms with Gasteiger partial charge in [0.15, 0.2) is 16.6 Å². The van der Waals surface area contributed by atoms with E-state index in [0.717, 1.165) is 16.1 Å². The molecule has 9 nitrogen and oxygen atoms in total. The summed E-state index contributed by atoms with van der Waals surface area (Å²) in [5.74, 6) is 0.359. The molecule has 142 valence electrons. The van der Waals surface area contributed by atoms with E-state index in [-0.39, 0.29) is 17.2 Å². The van der Waals surface area contributed by atoms with Crippen LogP contribution in [0.3, 0.4) is 0 Å². The standard InChI is InChI=1S/C17H15N7O2S2/c1-9-5-3-4-6-11(9)15-18-12-7-13(25)23-24(12)17(20-15)27-8-14(26)19-16-22-21-10(2)28-16/h3-7H,8H2,1-2H3,(H,23,25)(H,19,22,26). The molecule has 0 bridgehead atoms. The van der Waals surface area contributed by atoms with E-state index < -0.39 is 0 Å². The predicted molar refractivity (Wildman–Crippen MR) is 108 cm³/mol. The summed E-state index contributed by atoms with van der Waals surface area (Å²) in [6.45, 7) is 3.78. The molecule has 28 heavy (non-hydrogen) atoms. The highest BCUT2D eigenvalue weighted by atomic mass is 32.2. The number of amides is 1. The Morgan fingerprint density at radius 1 is 1.25 bits per heavy atom. The molecular formula is C17H15N7O2S2. The van der Waals surface area contributed by atoms with Gasteiger partial charge in [0.2, 0.25) is 11.0 Å². The zero-order chi connectivity index (χ0) is 19.7. The molecule has 3 heterocycles. The Kier molecular flexibility index (Phi) is 4.92. The van der Waals surface area contributed by atoms with Crippen molar-refractivity contribution in [3.63, 3.8) is 0 Å². The van der Waals surface area contributed by atoms with Gasteiger partial charge in [-0.15, -0.1) is 10.2 Å². The minimum atomic E-state index is -0.285. The fourth-order valence-electron chi connectivity index (χ4n) is 2.56. The number of hydrogen-bond donors (Lipinski definition) is 2. The molecule has 0 aliphatic heterocycles. The molecule has 4 rings (SSSR count). The summed E-state index contributed by atoms with van der Waals surface area (Å²) in [6, 6.07) is 9.13. The molecule has 4 aromatic rings. The van der Waals surface area contributed by atoms with Crippen LogP contribution in [-0.4, -0.2) is 41.4 Å². The highest BCUT2D eigenvalue weighted by Crippen LogP contribution is 2.24. The van der Waals surface area contributed by atoms with Crippen LogP contribution >= 0.6 is 23.1 Å². The van der Waals surface area contributed by atoms with Gasteiger partial charge in [0.1, 0.15) is 5.01 Å². The van der Waals surface area contributed by atoms with E-state index in [9.17, 15) is 9.59 Å². The van der Waals surface area contributed by atoms with Crippen molar-refractivity contribution in [3.05, 3.63) is 51.3 Å². The lowest BCUT2D eigenvalue weighted by molar-refractivity contribution is -0.113. The smallest absolute Gasteiger partial charge is 0.266 e. The fourth-order valence-corrected chi connectivity index (χ4v) is 3.92. The van der Waals surface area contributed by atoms with Crippen LogP contribution in [0.25, 0.3) is 17.0 Å². The number of hydrogen-bond acceptors (Lipinski definition) is 8. The number of aryl methyl sites for hydroxylation is 2. The Morgan fingerprint density at radius 2 is 2.07 bits per heavy atom. The van der Waals surface area contributed by atoms with Crippen LogP contribution in [0.5, 0.6) is 0 Å². The molecular weight excluding hydrogens is 398 g/mol. The Labute approximate surface area is 167 Å². The van der Waals surface area contributed by atoms with E-state index >= 15 is 0 Å². The first kappa shape index (κ1) is 18.3. The summed E-state index contributed by atoms with van der Waals surface area (Å²) in [4.78, 5) is 33.1. The number of anilines is 1. The van der Waals surface area contributed by atoms with Crippen LogP contribution in [0.2, 0.25) is 0 Å². The Morgan fingerprint density at radius 3 is 2.82 bits per heavy atom. The van der Waals surface area contributed by atoms with Crippen molar-refractivity contribution in [1.29, 1.82) is 0 Å². The van der Waals surface area contributed by atoms with E-state index in [2.05, 4.69) is 30.6 Å². The maximum Gasteiger partial charge on any atom is 0.266 e. The second-order valence-electron chi connectivity index (χ2n) is 5.92. The number of benzene rings is 1. The molecule has 0 spiro atoms. The number of nitrogens with zero attached hydrogens (tertiary/aromatic N) is 5. The van der Waals surface area contributed by atoms with Crippen molar-refractivity contribution in [3.8, 4) is 11.4 Å². The number of carbonyl (C=O) groups is 1. The van der Waals surface area contributed by atoms with E-state index in [0.29, 0.717) is 21.8 Å². The number of aromatic amines is 1. The van der Waals surface area contributed by atoms with Crippen molar-refractivity contribution in [2.45, 2.75) is 19.0 Å². The van der Waals surface area contributed by atoms with Gasteiger partial charge in [-0.25, -0.2) is 14.5 Å². The second kappa shape index (κ2) is 7.52. The second-order valence-corrected chi connectivity index (χ2v) is 8.05. The highest BCUT2D eigenvalue weighted by Gasteiger charge is 2.15. The van der Waals surface area contributed by atoms with Gasteiger partial charge in [-0.1, -0.05) is 47.4 Å². The molecule has 1 aromatic carbocycles. The van der Waals surface area contributed by atoms with Gasteiger partial charge in [0, 0.05) is 11.6 Å². The molecule has 0 aliphatic rings. The summed E-state index contributed by atoms with van der Waals surface area (Å²) in [5.41, 5.74) is 2.05. The first-order valence-electron chi connectivity index (χ1n) is 8.28. The minimum Gasteiger partial charge on any atom is -0.300 e. The molecule has 3 aromatic heterocycles. The molecule has 2 N–H and O–H groups in total. The number of nitrogens with one attached hydrogen (secondary N) is 2. The van der Waals surface area contributed by atoms with Crippen molar-refractivity contribution >= 4 is 39.8 Å². The number of H-pyrrole nitrogens is 1. The lowest BCUT2D eigenvalue weighted by Gasteiger charge is -2.08. The third-order valence-corrected chi connectivity index (χ3v) is 5.51. The van der Waals surface area contributed by atoms with Gasteiger partial charge < -0.3 is 0 Å². The van der Waals surface area contributed by atoms with Crippen LogP contribution in [0.4, 0.5) is 5.13 Å². The summed E-state index contributed by atoms with van der Waals surface area (Å²) in [7, 11) is 0. The largest absolute Gasteiger partial charge is 0.300 e. The zero-order valence-electron chi connectivity index (χ0n) is 15.0. The van der Waals surface area contributed by atoms with Gasteiger partial charge in [0.25, 0.3) is 5.56 Å². The molecule has 0 unspecified atom stereocenters. The minimum absolute atomic E-state index is 0.0954. The van der Waals surface area contributed by atoms with Crippen molar-refractivity contribution in [2.75, 3.05) is 11.1 Å². The first-order chi connectivity index (χ1) is 13.5. The number of carbonyl (C=O) groups excluding carboxylic acids is 1. The number of aromatic nitrogens is 6. The summed E-state index contributed by atoms with van der Waals surface area (Å²) < 4.78 is 1.48. The lowest BCUT2D eigenvalue weighted by atomic mass is 10.1. The van der Waals surface area contributed by atoms with Gasteiger partial charge >= 0.3 is 0 Å². The van der Waals surface area contributed by atoms with Crippen LogP contribution in [0, 0.1) is 13.8 Å². The highest BCUT2D eigenvalue weighted by molar-refractivity contribution is 7.99. The lowest BCUT2D eigenvalue weighted by Crippen LogP contribution is -2.15. The van der Waals surface area contributed by atoms with Crippen molar-refractivity contribution in [1.82, 2.24) is 29.8 Å². The van der Waals surface area contributed by atoms with Crippen molar-refractivity contribution in [2.24, 2.45) is 0 Å². The zero-order valence-corrected chi connectivity index (χ0v) is 16.6.